The third kappa shape index (κ3) is 2.80. The number of halogens is 4. The quantitative estimate of drug-likeness (QED) is 0.864. The van der Waals surface area contributed by atoms with Crippen molar-refractivity contribution in [2.75, 3.05) is 5.32 Å². The second-order valence-corrected chi connectivity index (χ2v) is 5.61. The molecule has 0 bridgehead atoms. The molecule has 0 spiro atoms. The highest BCUT2D eigenvalue weighted by Crippen LogP contribution is 2.31. The summed E-state index contributed by atoms with van der Waals surface area (Å²) in [4.78, 5) is 11.8. The van der Waals surface area contributed by atoms with E-state index in [0.29, 0.717) is 4.34 Å². The van der Waals surface area contributed by atoms with Crippen LogP contribution in [-0.4, -0.2) is 5.91 Å². The monoisotopic (exact) mass is 307 g/mol. The molecule has 7 heteroatoms. The minimum atomic E-state index is -1.04. The van der Waals surface area contributed by atoms with Gasteiger partial charge >= 0.3 is 0 Å². The van der Waals surface area contributed by atoms with Gasteiger partial charge in [0.25, 0.3) is 5.91 Å². The summed E-state index contributed by atoms with van der Waals surface area (Å²) in [6.07, 6.45) is 0. The van der Waals surface area contributed by atoms with Crippen LogP contribution in [0.15, 0.2) is 24.3 Å². The molecule has 0 aliphatic rings. The first-order valence-electron chi connectivity index (χ1n) is 4.68. The van der Waals surface area contributed by atoms with Crippen LogP contribution in [0.2, 0.25) is 8.67 Å². The Kier molecular flexibility index (Phi) is 3.85. The molecule has 2 aromatic rings. The lowest BCUT2D eigenvalue weighted by molar-refractivity contribution is 0.102. The number of anilines is 1. The minimum Gasteiger partial charge on any atom is -0.322 e. The van der Waals surface area contributed by atoms with E-state index in [4.69, 9.17) is 23.2 Å². The van der Waals surface area contributed by atoms with Crippen LogP contribution in [0.5, 0.6) is 0 Å². The Balaban J connectivity index is 2.21. The van der Waals surface area contributed by atoms with E-state index in [1.165, 1.54) is 12.1 Å². The molecule has 94 valence electrons. The zero-order chi connectivity index (χ0) is 13.3. The maximum atomic E-state index is 12.9. The molecule has 0 aliphatic carbocycles. The first-order chi connectivity index (χ1) is 8.47. The minimum absolute atomic E-state index is 0.136. The number of benzene rings is 1. The molecule has 1 aromatic carbocycles. The molecule has 1 amide bonds. The van der Waals surface area contributed by atoms with E-state index in [9.17, 15) is 13.6 Å². The average Bonchev–Trinajstić information content (AvgIpc) is 2.63. The van der Waals surface area contributed by atoms with E-state index in [2.05, 4.69) is 5.32 Å². The van der Waals surface area contributed by atoms with Crippen LogP contribution in [0.1, 0.15) is 10.4 Å². The summed E-state index contributed by atoms with van der Waals surface area (Å²) in [5.74, 6) is -2.55. The van der Waals surface area contributed by atoms with Crippen LogP contribution in [0.25, 0.3) is 0 Å². The van der Waals surface area contributed by atoms with E-state index in [0.717, 1.165) is 23.5 Å². The van der Waals surface area contributed by atoms with Crippen LogP contribution < -0.4 is 5.32 Å². The smallest absolute Gasteiger partial charge is 0.258 e. The van der Waals surface area contributed by atoms with E-state index < -0.39 is 17.5 Å². The van der Waals surface area contributed by atoms with Crippen molar-refractivity contribution in [3.05, 3.63) is 50.1 Å². The summed E-state index contributed by atoms with van der Waals surface area (Å²) in [7, 11) is 0. The number of carbonyl (C=O) groups excluding carboxylic acids is 1. The third-order valence-electron chi connectivity index (χ3n) is 2.08. The van der Waals surface area contributed by atoms with Crippen molar-refractivity contribution in [2.45, 2.75) is 0 Å². The topological polar surface area (TPSA) is 29.1 Å². The van der Waals surface area contributed by atoms with Crippen molar-refractivity contribution in [3.63, 3.8) is 0 Å². The largest absolute Gasteiger partial charge is 0.322 e. The Hall–Kier alpha value is -1.17. The molecule has 2 nitrogen and oxygen atoms in total. The molecular formula is C11H5Cl2F2NOS. The molecule has 0 unspecified atom stereocenters. The Morgan fingerprint density at radius 1 is 1.17 bits per heavy atom. The van der Waals surface area contributed by atoms with Gasteiger partial charge in [0, 0.05) is 11.8 Å². The highest BCUT2D eigenvalue weighted by molar-refractivity contribution is 7.20. The first kappa shape index (κ1) is 13.3. The van der Waals surface area contributed by atoms with Gasteiger partial charge in [-0.3, -0.25) is 4.79 Å². The van der Waals surface area contributed by atoms with Gasteiger partial charge in [-0.1, -0.05) is 23.2 Å². The molecule has 0 fully saturated rings. The third-order valence-corrected chi connectivity index (χ3v) is 3.57. The maximum Gasteiger partial charge on any atom is 0.258 e. The average molecular weight is 308 g/mol. The Labute approximate surface area is 115 Å². The van der Waals surface area contributed by atoms with E-state index in [1.54, 1.807) is 0 Å². The van der Waals surface area contributed by atoms with Gasteiger partial charge < -0.3 is 5.32 Å². The van der Waals surface area contributed by atoms with Gasteiger partial charge in [0.1, 0.15) is 4.34 Å². The number of carbonyl (C=O) groups is 1. The summed E-state index contributed by atoms with van der Waals surface area (Å²) in [6, 6.07) is 4.46. The molecule has 0 aliphatic heterocycles. The van der Waals surface area contributed by atoms with Crippen molar-refractivity contribution in [2.24, 2.45) is 0 Å². The van der Waals surface area contributed by atoms with Crippen molar-refractivity contribution in [3.8, 4) is 0 Å². The zero-order valence-electron chi connectivity index (χ0n) is 8.64. The molecule has 2 rings (SSSR count). The number of thiophene rings is 1. The summed E-state index contributed by atoms with van der Waals surface area (Å²) in [6.45, 7) is 0. The van der Waals surface area contributed by atoms with Crippen LogP contribution in [0, 0.1) is 11.6 Å². The first-order valence-corrected chi connectivity index (χ1v) is 6.26. The second-order valence-electron chi connectivity index (χ2n) is 3.32. The number of hydrogen-bond donors (Lipinski definition) is 1. The van der Waals surface area contributed by atoms with Crippen LogP contribution in [-0.2, 0) is 0 Å². The Morgan fingerprint density at radius 2 is 1.89 bits per heavy atom. The SMILES string of the molecule is O=C(Nc1ccc(F)c(F)c1)c1cc(Cl)sc1Cl. The van der Waals surface area contributed by atoms with Crippen molar-refractivity contribution < 1.29 is 13.6 Å². The fraction of sp³-hybridized carbons (Fsp3) is 0. The van der Waals surface area contributed by atoms with Crippen LogP contribution >= 0.6 is 34.5 Å². The molecule has 1 N–H and O–H groups in total. The van der Waals surface area contributed by atoms with Gasteiger partial charge in [0.2, 0.25) is 0 Å². The highest BCUT2D eigenvalue weighted by atomic mass is 35.5. The standard InChI is InChI=1S/C11H5Cl2F2NOS/c12-9-4-6(10(13)18-9)11(17)16-5-1-2-7(14)8(15)3-5/h1-4H,(H,16,17). The maximum absolute atomic E-state index is 12.9. The van der Waals surface area contributed by atoms with E-state index in [-0.39, 0.29) is 15.6 Å². The van der Waals surface area contributed by atoms with Gasteiger partial charge in [0.15, 0.2) is 11.6 Å². The molecule has 1 heterocycles. The van der Waals surface area contributed by atoms with Gasteiger partial charge in [0.05, 0.1) is 9.90 Å². The number of rotatable bonds is 2. The van der Waals surface area contributed by atoms with E-state index in [1.807, 2.05) is 0 Å². The zero-order valence-corrected chi connectivity index (χ0v) is 11.0. The number of amides is 1. The normalized spacial score (nSPS) is 10.4. The van der Waals surface area contributed by atoms with Crippen LogP contribution in [0.4, 0.5) is 14.5 Å². The fourth-order valence-electron chi connectivity index (χ4n) is 1.27. The highest BCUT2D eigenvalue weighted by Gasteiger charge is 2.15. The number of hydrogen-bond acceptors (Lipinski definition) is 2. The van der Waals surface area contributed by atoms with Gasteiger partial charge in [-0.05, 0) is 18.2 Å². The fourth-order valence-corrected chi connectivity index (χ4v) is 2.73. The summed E-state index contributed by atoms with van der Waals surface area (Å²) in [5.41, 5.74) is 0.327. The lowest BCUT2D eigenvalue weighted by Gasteiger charge is -2.04. The number of nitrogens with one attached hydrogen (secondary N) is 1. The van der Waals surface area contributed by atoms with Gasteiger partial charge in [-0.15, -0.1) is 11.3 Å². The van der Waals surface area contributed by atoms with Crippen molar-refractivity contribution in [1.82, 2.24) is 0 Å². The van der Waals surface area contributed by atoms with Crippen molar-refractivity contribution in [1.29, 1.82) is 0 Å². The lowest BCUT2D eigenvalue weighted by Crippen LogP contribution is -2.11. The summed E-state index contributed by atoms with van der Waals surface area (Å²) < 4.78 is 26.3. The Morgan fingerprint density at radius 3 is 2.44 bits per heavy atom. The van der Waals surface area contributed by atoms with Gasteiger partial charge in [-0.25, -0.2) is 8.78 Å². The second kappa shape index (κ2) is 5.22. The van der Waals surface area contributed by atoms with Crippen molar-refractivity contribution >= 4 is 46.1 Å². The predicted molar refractivity (Wildman–Crippen MR) is 68.7 cm³/mol. The van der Waals surface area contributed by atoms with Gasteiger partial charge in [-0.2, -0.15) is 0 Å². The molecular weight excluding hydrogens is 303 g/mol. The molecule has 1 aromatic heterocycles. The summed E-state index contributed by atoms with van der Waals surface area (Å²) in [5, 5.41) is 2.40. The molecule has 18 heavy (non-hydrogen) atoms. The van der Waals surface area contributed by atoms with E-state index >= 15 is 0 Å². The Bertz CT molecular complexity index is 615. The van der Waals surface area contributed by atoms with Crippen LogP contribution in [0.3, 0.4) is 0 Å². The predicted octanol–water partition coefficient (Wildman–Crippen LogP) is 4.59. The summed E-state index contributed by atoms with van der Waals surface area (Å²) >= 11 is 12.6. The molecule has 0 atom stereocenters. The lowest BCUT2D eigenvalue weighted by atomic mass is 10.2. The molecule has 0 saturated heterocycles. The molecule has 0 radical (unpaired) electrons. The molecule has 0 saturated carbocycles.